The summed E-state index contributed by atoms with van der Waals surface area (Å²) in [6.45, 7) is 0. The van der Waals surface area contributed by atoms with Crippen molar-refractivity contribution in [1.82, 2.24) is 25.2 Å². The van der Waals surface area contributed by atoms with Crippen LogP contribution in [0.4, 0.5) is 0 Å². The number of carbonyl (C=O) groups is 1. The van der Waals surface area contributed by atoms with Gasteiger partial charge in [-0.05, 0) is 47.2 Å². The molecule has 1 fully saturated rings. The molecule has 1 saturated carbocycles. The fraction of sp³-hybridized carbons (Fsp3) is 0.300. The first-order valence-electron chi connectivity index (χ1n) is 5.40. The third-order valence-corrected chi connectivity index (χ3v) is 3.38. The summed E-state index contributed by atoms with van der Waals surface area (Å²) in [4.78, 5) is 14.8. The molecule has 2 heterocycles. The lowest BCUT2D eigenvalue weighted by Crippen LogP contribution is -2.01. The Morgan fingerprint density at radius 1 is 1.44 bits per heavy atom. The van der Waals surface area contributed by atoms with Crippen LogP contribution in [0.5, 0.6) is 0 Å². The van der Waals surface area contributed by atoms with Crippen molar-refractivity contribution in [3.05, 3.63) is 23.9 Å². The molecule has 0 aliphatic heterocycles. The fourth-order valence-electron chi connectivity index (χ4n) is 1.49. The van der Waals surface area contributed by atoms with Gasteiger partial charge in [0.05, 0.1) is 6.04 Å². The predicted octanol–water partition coefficient (Wildman–Crippen LogP) is 1.25. The molecule has 1 aliphatic carbocycles. The van der Waals surface area contributed by atoms with Gasteiger partial charge in [0.25, 0.3) is 0 Å². The van der Waals surface area contributed by atoms with Crippen LogP contribution in [0.1, 0.15) is 29.4 Å². The topological polar surface area (TPSA) is 93.8 Å². The highest BCUT2D eigenvalue weighted by Gasteiger charge is 2.28. The molecular formula is C10H9N5O2S. The number of rotatable bonds is 4. The van der Waals surface area contributed by atoms with Gasteiger partial charge in [0, 0.05) is 0 Å². The standard InChI is InChI=1S/C10H9N5O2S/c16-9(17)7-2-1-3-8(11-7)18-10-12-13-14-15(10)6-4-5-6/h1-3,6H,4-5H2,(H,16,17). The molecule has 8 heteroatoms. The maximum Gasteiger partial charge on any atom is 0.354 e. The minimum Gasteiger partial charge on any atom is -0.477 e. The van der Waals surface area contributed by atoms with Crippen molar-refractivity contribution in [2.45, 2.75) is 29.1 Å². The van der Waals surface area contributed by atoms with Gasteiger partial charge in [0.2, 0.25) is 5.16 Å². The molecule has 0 amide bonds. The molecule has 0 bridgehead atoms. The van der Waals surface area contributed by atoms with Crippen LogP contribution in [-0.4, -0.2) is 36.3 Å². The quantitative estimate of drug-likeness (QED) is 0.887. The van der Waals surface area contributed by atoms with Gasteiger partial charge in [0.15, 0.2) is 0 Å². The second kappa shape index (κ2) is 4.37. The zero-order valence-corrected chi connectivity index (χ0v) is 10.0. The van der Waals surface area contributed by atoms with E-state index in [0.717, 1.165) is 12.8 Å². The van der Waals surface area contributed by atoms with Gasteiger partial charge in [-0.2, -0.15) is 0 Å². The summed E-state index contributed by atoms with van der Waals surface area (Å²) in [6.07, 6.45) is 2.17. The Bertz CT molecular complexity index is 595. The van der Waals surface area contributed by atoms with Crippen LogP contribution in [-0.2, 0) is 0 Å². The number of aromatic nitrogens is 5. The van der Waals surface area contributed by atoms with E-state index in [1.165, 1.54) is 17.8 Å². The Hall–Kier alpha value is -1.96. The number of carboxylic acid groups (broad SMARTS) is 1. The van der Waals surface area contributed by atoms with Crippen molar-refractivity contribution in [1.29, 1.82) is 0 Å². The van der Waals surface area contributed by atoms with E-state index in [-0.39, 0.29) is 5.69 Å². The monoisotopic (exact) mass is 263 g/mol. The number of tetrazole rings is 1. The van der Waals surface area contributed by atoms with E-state index in [1.807, 2.05) is 0 Å². The number of hydrogen-bond donors (Lipinski definition) is 1. The minimum atomic E-state index is -1.04. The van der Waals surface area contributed by atoms with Crippen molar-refractivity contribution in [2.75, 3.05) is 0 Å². The molecule has 18 heavy (non-hydrogen) atoms. The van der Waals surface area contributed by atoms with Gasteiger partial charge in [-0.15, -0.1) is 5.10 Å². The Morgan fingerprint density at radius 2 is 2.28 bits per heavy atom. The van der Waals surface area contributed by atoms with Crippen LogP contribution in [0.15, 0.2) is 28.4 Å². The van der Waals surface area contributed by atoms with E-state index in [9.17, 15) is 4.79 Å². The second-order valence-corrected chi connectivity index (χ2v) is 4.89. The van der Waals surface area contributed by atoms with Gasteiger partial charge < -0.3 is 5.11 Å². The van der Waals surface area contributed by atoms with Crippen molar-refractivity contribution < 1.29 is 9.90 Å². The van der Waals surface area contributed by atoms with Gasteiger partial charge in [-0.1, -0.05) is 6.07 Å². The molecule has 0 aromatic carbocycles. The van der Waals surface area contributed by atoms with Crippen molar-refractivity contribution in [3.63, 3.8) is 0 Å². The van der Waals surface area contributed by atoms with Gasteiger partial charge in [0.1, 0.15) is 10.7 Å². The molecule has 0 atom stereocenters. The highest BCUT2D eigenvalue weighted by atomic mass is 32.2. The van der Waals surface area contributed by atoms with Crippen LogP contribution < -0.4 is 0 Å². The fourth-order valence-corrected chi connectivity index (χ4v) is 2.32. The number of nitrogens with zero attached hydrogens (tertiary/aromatic N) is 5. The van der Waals surface area contributed by atoms with E-state index < -0.39 is 5.97 Å². The molecule has 92 valence electrons. The Labute approximate surface area is 106 Å². The van der Waals surface area contributed by atoms with Crippen LogP contribution in [0.25, 0.3) is 0 Å². The van der Waals surface area contributed by atoms with E-state index in [2.05, 4.69) is 20.5 Å². The summed E-state index contributed by atoms with van der Waals surface area (Å²) < 4.78 is 1.76. The third kappa shape index (κ3) is 2.19. The molecule has 0 unspecified atom stereocenters. The highest BCUT2D eigenvalue weighted by Crippen LogP contribution is 2.37. The summed E-state index contributed by atoms with van der Waals surface area (Å²) >= 11 is 1.27. The predicted molar refractivity (Wildman–Crippen MR) is 61.4 cm³/mol. The van der Waals surface area contributed by atoms with Crippen LogP contribution in [0.2, 0.25) is 0 Å². The summed E-state index contributed by atoms with van der Waals surface area (Å²) in [5.41, 5.74) is 0.0189. The largest absolute Gasteiger partial charge is 0.477 e. The minimum absolute atomic E-state index is 0.0189. The smallest absolute Gasteiger partial charge is 0.354 e. The van der Waals surface area contributed by atoms with E-state index in [1.54, 1.807) is 16.8 Å². The summed E-state index contributed by atoms with van der Waals surface area (Å²) in [5, 5.41) is 21.6. The molecule has 1 N–H and O–H groups in total. The van der Waals surface area contributed by atoms with Crippen molar-refractivity contribution in [3.8, 4) is 0 Å². The Morgan fingerprint density at radius 3 is 3.00 bits per heavy atom. The zero-order chi connectivity index (χ0) is 12.5. The number of aromatic carboxylic acids is 1. The highest BCUT2D eigenvalue weighted by molar-refractivity contribution is 7.99. The third-order valence-electron chi connectivity index (χ3n) is 2.49. The van der Waals surface area contributed by atoms with Crippen LogP contribution in [0, 0.1) is 0 Å². The van der Waals surface area contributed by atoms with E-state index in [0.29, 0.717) is 16.2 Å². The molecule has 0 saturated heterocycles. The molecule has 3 rings (SSSR count). The summed E-state index contributed by atoms with van der Waals surface area (Å²) in [5.74, 6) is -1.04. The maximum absolute atomic E-state index is 10.8. The first-order valence-corrected chi connectivity index (χ1v) is 6.22. The first kappa shape index (κ1) is 11.1. The summed E-state index contributed by atoms with van der Waals surface area (Å²) in [6, 6.07) is 5.23. The van der Waals surface area contributed by atoms with Crippen LogP contribution in [0.3, 0.4) is 0 Å². The first-order chi connectivity index (χ1) is 8.74. The Kier molecular flexibility index (Phi) is 2.71. The Balaban J connectivity index is 1.85. The zero-order valence-electron chi connectivity index (χ0n) is 9.22. The SMILES string of the molecule is O=C(O)c1cccc(Sc2nnnn2C2CC2)n1. The van der Waals surface area contributed by atoms with Crippen molar-refractivity contribution >= 4 is 17.7 Å². The molecule has 7 nitrogen and oxygen atoms in total. The average molecular weight is 263 g/mol. The van der Waals surface area contributed by atoms with Crippen LogP contribution >= 0.6 is 11.8 Å². The average Bonchev–Trinajstić information content (AvgIpc) is 3.11. The molecule has 0 radical (unpaired) electrons. The molecule has 2 aromatic heterocycles. The number of pyridine rings is 1. The second-order valence-electron chi connectivity index (χ2n) is 3.91. The molecule has 0 spiro atoms. The lowest BCUT2D eigenvalue weighted by atomic mass is 10.4. The maximum atomic E-state index is 10.8. The molecule has 1 aliphatic rings. The number of hydrogen-bond acceptors (Lipinski definition) is 6. The lowest BCUT2D eigenvalue weighted by Gasteiger charge is -2.02. The van der Waals surface area contributed by atoms with Gasteiger partial charge >= 0.3 is 5.97 Å². The van der Waals surface area contributed by atoms with Gasteiger partial charge in [-0.25, -0.2) is 14.5 Å². The summed E-state index contributed by atoms with van der Waals surface area (Å²) in [7, 11) is 0. The van der Waals surface area contributed by atoms with E-state index >= 15 is 0 Å². The molecular weight excluding hydrogens is 254 g/mol. The molecule has 2 aromatic rings. The number of carboxylic acids is 1. The van der Waals surface area contributed by atoms with Crippen molar-refractivity contribution in [2.24, 2.45) is 0 Å². The normalized spacial score (nSPS) is 14.7. The van der Waals surface area contributed by atoms with Gasteiger partial charge in [-0.3, -0.25) is 0 Å². The van der Waals surface area contributed by atoms with E-state index in [4.69, 9.17) is 5.11 Å². The lowest BCUT2D eigenvalue weighted by molar-refractivity contribution is 0.0689.